The number of nitrogens with two attached hydrogens (primary N) is 3. The molecule has 3 aromatic rings. The summed E-state index contributed by atoms with van der Waals surface area (Å²) in [6.07, 6.45) is 0.190. The molecule has 2 aromatic heterocycles. The molecular formula is C15H19N9O5S2. The standard InChI is InChI=1S/C15H19N9O5S2/c16-5-9(25)7-20-31(28,29)11-3-2-10(8-1-4-12(17)19-6-8)13(14(11)30(18,26)27)15-21-23-24-22-15/h1-4,6,9,20,25H,5,7,16H2,(H2,17,19)(H2,18,26,27)(H,21,22,23,24)/t9-/m1/s1. The average molecular weight is 470 g/mol. The SMILES string of the molecule is NC[C@@H](O)CNS(=O)(=O)c1ccc(-c2ccc(N)nc2)c(-c2nn[nH]n2)c1S(N)(=O)=O. The Balaban J connectivity index is 2.33. The van der Waals surface area contributed by atoms with Crippen molar-refractivity contribution in [2.45, 2.75) is 15.9 Å². The zero-order valence-corrected chi connectivity index (χ0v) is 17.4. The first-order valence-corrected chi connectivity index (χ1v) is 11.6. The molecule has 1 atom stereocenters. The molecule has 0 aliphatic carbocycles. The molecule has 0 radical (unpaired) electrons. The number of nitrogens with zero attached hydrogens (tertiary/aromatic N) is 4. The number of sulfonamides is 2. The Bertz CT molecular complexity index is 1280. The fourth-order valence-electron chi connectivity index (χ4n) is 2.72. The van der Waals surface area contributed by atoms with Gasteiger partial charge in [-0.3, -0.25) is 0 Å². The smallest absolute Gasteiger partial charge is 0.242 e. The second kappa shape index (κ2) is 8.61. The molecule has 166 valence electrons. The van der Waals surface area contributed by atoms with Crippen LogP contribution in [0.2, 0.25) is 0 Å². The summed E-state index contributed by atoms with van der Waals surface area (Å²) in [5.74, 6) is 0.00767. The molecular weight excluding hydrogens is 450 g/mol. The van der Waals surface area contributed by atoms with Gasteiger partial charge < -0.3 is 16.6 Å². The average Bonchev–Trinajstić information content (AvgIpc) is 3.25. The predicted octanol–water partition coefficient (Wildman–Crippen LogP) is -2.24. The largest absolute Gasteiger partial charge is 0.390 e. The summed E-state index contributed by atoms with van der Waals surface area (Å²) in [5, 5.41) is 28.2. The highest BCUT2D eigenvalue weighted by Crippen LogP contribution is 2.38. The summed E-state index contributed by atoms with van der Waals surface area (Å²) in [5.41, 5.74) is 11.3. The Morgan fingerprint density at radius 3 is 2.45 bits per heavy atom. The van der Waals surface area contributed by atoms with E-state index in [-0.39, 0.29) is 29.3 Å². The van der Waals surface area contributed by atoms with Crippen molar-refractivity contribution in [3.63, 3.8) is 0 Å². The maximum Gasteiger partial charge on any atom is 0.242 e. The minimum atomic E-state index is -4.63. The molecule has 0 unspecified atom stereocenters. The van der Waals surface area contributed by atoms with E-state index >= 15 is 0 Å². The lowest BCUT2D eigenvalue weighted by Crippen LogP contribution is -2.36. The number of aromatic amines is 1. The van der Waals surface area contributed by atoms with Crippen LogP contribution in [0.1, 0.15) is 0 Å². The molecule has 0 bridgehead atoms. The predicted molar refractivity (Wildman–Crippen MR) is 109 cm³/mol. The molecule has 14 nitrogen and oxygen atoms in total. The van der Waals surface area contributed by atoms with Gasteiger partial charge in [-0.1, -0.05) is 6.07 Å². The fraction of sp³-hybridized carbons (Fsp3) is 0.200. The lowest BCUT2D eigenvalue weighted by atomic mass is 10.0. The number of pyridine rings is 1. The normalized spacial score (nSPS) is 13.3. The summed E-state index contributed by atoms with van der Waals surface area (Å²) in [6, 6.07) is 5.44. The number of aliphatic hydroxyl groups is 1. The summed E-state index contributed by atoms with van der Waals surface area (Å²) in [6.45, 7) is -0.647. The van der Waals surface area contributed by atoms with Gasteiger partial charge in [-0.05, 0) is 29.0 Å². The van der Waals surface area contributed by atoms with Crippen LogP contribution in [0.4, 0.5) is 5.82 Å². The number of hydrogen-bond donors (Lipinski definition) is 6. The minimum Gasteiger partial charge on any atom is -0.390 e. The van der Waals surface area contributed by atoms with E-state index in [4.69, 9.17) is 16.6 Å². The molecule has 1 aromatic carbocycles. The summed E-state index contributed by atoms with van der Waals surface area (Å²) >= 11 is 0. The van der Waals surface area contributed by atoms with Crippen molar-refractivity contribution in [1.29, 1.82) is 0 Å². The maximum atomic E-state index is 12.9. The molecule has 0 saturated heterocycles. The van der Waals surface area contributed by atoms with Gasteiger partial charge in [-0.25, -0.2) is 31.7 Å². The number of tetrazole rings is 1. The van der Waals surface area contributed by atoms with E-state index in [0.717, 1.165) is 6.07 Å². The van der Waals surface area contributed by atoms with Gasteiger partial charge in [0.2, 0.25) is 25.9 Å². The van der Waals surface area contributed by atoms with Gasteiger partial charge in [0.25, 0.3) is 0 Å². The lowest BCUT2D eigenvalue weighted by molar-refractivity contribution is 0.186. The maximum absolute atomic E-state index is 12.9. The number of H-pyrrole nitrogens is 1. The van der Waals surface area contributed by atoms with Crippen LogP contribution >= 0.6 is 0 Å². The zero-order chi connectivity index (χ0) is 22.8. The van der Waals surface area contributed by atoms with E-state index in [0.29, 0.717) is 5.56 Å². The van der Waals surface area contributed by atoms with Crippen LogP contribution in [-0.2, 0) is 20.0 Å². The fourth-order valence-corrected chi connectivity index (χ4v) is 5.39. The molecule has 0 aliphatic heterocycles. The Morgan fingerprint density at radius 2 is 1.90 bits per heavy atom. The Hall–Kier alpha value is -3.02. The highest BCUT2D eigenvalue weighted by Gasteiger charge is 2.32. The molecule has 2 heterocycles. The summed E-state index contributed by atoms with van der Waals surface area (Å²) in [4.78, 5) is 2.55. The van der Waals surface area contributed by atoms with Crippen molar-refractivity contribution in [2.24, 2.45) is 10.9 Å². The number of primary sulfonamides is 1. The van der Waals surface area contributed by atoms with Crippen molar-refractivity contribution in [1.82, 2.24) is 30.3 Å². The number of benzene rings is 1. The number of aromatic nitrogens is 5. The lowest BCUT2D eigenvalue weighted by Gasteiger charge is -2.17. The van der Waals surface area contributed by atoms with Crippen molar-refractivity contribution in [2.75, 3.05) is 18.8 Å². The first-order valence-electron chi connectivity index (χ1n) is 8.58. The van der Waals surface area contributed by atoms with Crippen molar-refractivity contribution in [3.05, 3.63) is 30.5 Å². The molecule has 16 heteroatoms. The Labute approximate surface area is 177 Å². The Kier molecular flexibility index (Phi) is 6.30. The molecule has 9 N–H and O–H groups in total. The third-order valence-corrected chi connectivity index (χ3v) is 6.73. The summed E-state index contributed by atoms with van der Waals surface area (Å²) in [7, 11) is -9.07. The second-order valence-corrected chi connectivity index (χ2v) is 9.54. The topological polar surface area (TPSA) is 246 Å². The van der Waals surface area contributed by atoms with E-state index in [1.165, 1.54) is 18.3 Å². The molecule has 0 amide bonds. The first kappa shape index (κ1) is 22.7. The number of nitrogen functional groups attached to an aromatic ring is 1. The zero-order valence-electron chi connectivity index (χ0n) is 15.8. The van der Waals surface area contributed by atoms with Crippen LogP contribution in [0, 0.1) is 0 Å². The molecule has 0 spiro atoms. The van der Waals surface area contributed by atoms with Crippen LogP contribution in [0.5, 0.6) is 0 Å². The van der Waals surface area contributed by atoms with E-state index in [9.17, 15) is 21.9 Å². The second-order valence-electron chi connectivity index (χ2n) is 6.31. The summed E-state index contributed by atoms with van der Waals surface area (Å²) < 4.78 is 52.9. The van der Waals surface area contributed by atoms with E-state index in [1.54, 1.807) is 6.07 Å². The number of nitrogens with one attached hydrogen (secondary N) is 2. The van der Waals surface area contributed by atoms with Gasteiger partial charge >= 0.3 is 0 Å². The third kappa shape index (κ3) is 4.84. The van der Waals surface area contributed by atoms with Crippen LogP contribution in [-0.4, -0.2) is 66.7 Å². The number of anilines is 1. The molecule has 31 heavy (non-hydrogen) atoms. The van der Waals surface area contributed by atoms with Gasteiger partial charge in [0.1, 0.15) is 15.6 Å². The molecule has 3 rings (SSSR count). The van der Waals surface area contributed by atoms with Crippen LogP contribution in [0.25, 0.3) is 22.5 Å². The van der Waals surface area contributed by atoms with Crippen molar-refractivity contribution >= 4 is 25.9 Å². The van der Waals surface area contributed by atoms with Crippen molar-refractivity contribution < 1.29 is 21.9 Å². The van der Waals surface area contributed by atoms with Crippen molar-refractivity contribution in [3.8, 4) is 22.5 Å². The van der Waals surface area contributed by atoms with Gasteiger partial charge in [-0.15, -0.1) is 10.2 Å². The number of aliphatic hydroxyl groups excluding tert-OH is 1. The highest BCUT2D eigenvalue weighted by atomic mass is 32.2. The monoisotopic (exact) mass is 469 g/mol. The van der Waals surface area contributed by atoms with E-state index < -0.39 is 42.5 Å². The Morgan fingerprint density at radius 1 is 1.16 bits per heavy atom. The van der Waals surface area contributed by atoms with Gasteiger partial charge in [0, 0.05) is 24.8 Å². The first-order chi connectivity index (χ1) is 14.5. The van der Waals surface area contributed by atoms with Gasteiger partial charge in [-0.2, -0.15) is 5.21 Å². The number of rotatable bonds is 8. The third-order valence-electron chi connectivity index (χ3n) is 4.14. The van der Waals surface area contributed by atoms with Crippen LogP contribution in [0.3, 0.4) is 0 Å². The quantitative estimate of drug-likeness (QED) is 0.206. The molecule has 0 fully saturated rings. The van der Waals surface area contributed by atoms with Gasteiger partial charge in [0.05, 0.1) is 11.7 Å². The molecule has 0 saturated carbocycles. The highest BCUT2D eigenvalue weighted by molar-refractivity contribution is 7.92. The van der Waals surface area contributed by atoms with Gasteiger partial charge in [0.15, 0.2) is 0 Å². The minimum absolute atomic E-state index is 0.204. The molecule has 0 aliphatic rings. The number of hydrogen-bond acceptors (Lipinski definition) is 11. The van der Waals surface area contributed by atoms with E-state index in [1.807, 2.05) is 0 Å². The van der Waals surface area contributed by atoms with Crippen LogP contribution in [0.15, 0.2) is 40.3 Å². The van der Waals surface area contributed by atoms with Crippen LogP contribution < -0.4 is 21.3 Å². The van der Waals surface area contributed by atoms with E-state index in [2.05, 4.69) is 30.3 Å².